The molecule has 1 saturated heterocycles. The minimum Gasteiger partial charge on any atom is -0.501 e. The summed E-state index contributed by atoms with van der Waals surface area (Å²) in [7, 11) is 1.51. The largest absolute Gasteiger partial charge is 0.501 e. The Hall–Kier alpha value is -3.56. The van der Waals surface area contributed by atoms with Crippen molar-refractivity contribution >= 4 is 5.91 Å². The summed E-state index contributed by atoms with van der Waals surface area (Å²) in [5, 5.41) is 12.9. The second-order valence-corrected chi connectivity index (χ2v) is 8.71. The predicted octanol–water partition coefficient (Wildman–Crippen LogP) is 2.36. The van der Waals surface area contributed by atoms with Crippen molar-refractivity contribution in [1.82, 2.24) is 24.7 Å². The summed E-state index contributed by atoms with van der Waals surface area (Å²) in [5.41, 5.74) is 1.44. The van der Waals surface area contributed by atoms with Crippen molar-refractivity contribution < 1.29 is 14.3 Å². The molecule has 8 nitrogen and oxygen atoms in total. The van der Waals surface area contributed by atoms with Gasteiger partial charge in [0, 0.05) is 51.9 Å². The third kappa shape index (κ3) is 5.75. The Labute approximate surface area is 203 Å². The first-order valence-electron chi connectivity index (χ1n) is 11.7. The van der Waals surface area contributed by atoms with Gasteiger partial charge in [0.25, 0.3) is 11.5 Å². The van der Waals surface area contributed by atoms with Gasteiger partial charge in [-0.1, -0.05) is 43.3 Å². The smallest absolute Gasteiger partial charge is 0.296 e. The highest BCUT2D eigenvalue weighted by molar-refractivity contribution is 5.95. The number of hydrogen-bond acceptors (Lipinski definition) is 6. The van der Waals surface area contributed by atoms with E-state index in [0.717, 1.165) is 44.8 Å². The zero-order chi connectivity index (χ0) is 24.9. The SMILES string of the molecule is CCN1CCN(Cc2ccc(-c3nc(C(=O)NCc4ccc(F)cc4)c(O)c(=O)n3C)cc2)CC1. The van der Waals surface area contributed by atoms with E-state index < -0.39 is 17.2 Å². The van der Waals surface area contributed by atoms with Crippen molar-refractivity contribution in [1.29, 1.82) is 0 Å². The highest BCUT2D eigenvalue weighted by Gasteiger charge is 2.21. The fourth-order valence-electron chi connectivity index (χ4n) is 4.16. The van der Waals surface area contributed by atoms with E-state index in [9.17, 15) is 19.1 Å². The molecule has 1 fully saturated rings. The Morgan fingerprint density at radius 3 is 2.23 bits per heavy atom. The first kappa shape index (κ1) is 24.6. The summed E-state index contributed by atoms with van der Waals surface area (Å²) in [6.07, 6.45) is 0. The number of halogens is 1. The zero-order valence-corrected chi connectivity index (χ0v) is 20.0. The standard InChI is InChI=1S/C26H30FN5O3/c1-3-31-12-14-32(15-13-31)17-19-4-8-20(9-5-19)24-29-22(23(33)26(35)30(24)2)25(34)28-16-18-6-10-21(27)11-7-18/h4-11,33H,3,12-17H2,1-2H3,(H,28,34). The van der Waals surface area contributed by atoms with Crippen molar-refractivity contribution in [2.24, 2.45) is 7.05 Å². The molecule has 0 saturated carbocycles. The number of nitrogens with one attached hydrogen (secondary N) is 1. The average molecular weight is 480 g/mol. The van der Waals surface area contributed by atoms with Gasteiger partial charge in [0.2, 0.25) is 5.75 Å². The molecule has 1 aromatic heterocycles. The first-order valence-corrected chi connectivity index (χ1v) is 11.7. The van der Waals surface area contributed by atoms with Crippen LogP contribution >= 0.6 is 0 Å². The lowest BCUT2D eigenvalue weighted by molar-refractivity contribution is 0.0942. The predicted molar refractivity (Wildman–Crippen MR) is 132 cm³/mol. The lowest BCUT2D eigenvalue weighted by Gasteiger charge is -2.34. The Kier molecular flexibility index (Phi) is 7.57. The van der Waals surface area contributed by atoms with E-state index >= 15 is 0 Å². The van der Waals surface area contributed by atoms with Crippen molar-refractivity contribution in [3.05, 3.63) is 81.5 Å². The molecule has 0 bridgehead atoms. The lowest BCUT2D eigenvalue weighted by Crippen LogP contribution is -2.45. The molecule has 1 amide bonds. The molecule has 4 rings (SSSR count). The molecule has 9 heteroatoms. The number of carbonyl (C=O) groups excluding carboxylic acids is 1. The van der Waals surface area contributed by atoms with Crippen LogP contribution in [0.4, 0.5) is 4.39 Å². The summed E-state index contributed by atoms with van der Waals surface area (Å²) < 4.78 is 14.3. The maximum absolute atomic E-state index is 13.1. The van der Waals surface area contributed by atoms with Crippen molar-refractivity contribution in [2.75, 3.05) is 32.7 Å². The molecule has 1 aliphatic heterocycles. The van der Waals surface area contributed by atoms with Gasteiger partial charge in [-0.2, -0.15) is 0 Å². The molecule has 0 spiro atoms. The highest BCUT2D eigenvalue weighted by Crippen LogP contribution is 2.21. The van der Waals surface area contributed by atoms with Crippen molar-refractivity contribution in [3.8, 4) is 17.1 Å². The number of aromatic hydroxyl groups is 1. The first-order chi connectivity index (χ1) is 16.9. The minimum atomic E-state index is -0.712. The van der Waals surface area contributed by atoms with Gasteiger partial charge in [0.05, 0.1) is 0 Å². The number of hydrogen-bond donors (Lipinski definition) is 2. The van der Waals surface area contributed by atoms with Crippen LogP contribution in [0.2, 0.25) is 0 Å². The fourth-order valence-corrected chi connectivity index (χ4v) is 4.16. The molecule has 0 atom stereocenters. The number of aromatic nitrogens is 2. The Bertz CT molecular complexity index is 1230. The van der Waals surface area contributed by atoms with Crippen LogP contribution < -0.4 is 10.9 Å². The molecule has 3 aromatic rings. The van der Waals surface area contributed by atoms with E-state index in [1.165, 1.54) is 23.7 Å². The van der Waals surface area contributed by atoms with E-state index in [0.29, 0.717) is 11.1 Å². The zero-order valence-electron chi connectivity index (χ0n) is 20.0. The lowest BCUT2D eigenvalue weighted by atomic mass is 10.1. The van der Waals surface area contributed by atoms with Gasteiger partial charge in [-0.05, 0) is 29.8 Å². The summed E-state index contributed by atoms with van der Waals surface area (Å²) >= 11 is 0. The van der Waals surface area contributed by atoms with Gasteiger partial charge in [-0.25, -0.2) is 9.37 Å². The number of benzene rings is 2. The normalized spacial score (nSPS) is 14.7. The molecule has 0 aliphatic carbocycles. The number of nitrogens with zero attached hydrogens (tertiary/aromatic N) is 4. The third-order valence-electron chi connectivity index (χ3n) is 6.38. The average Bonchev–Trinajstić information content (AvgIpc) is 2.88. The topological polar surface area (TPSA) is 90.7 Å². The molecule has 1 aliphatic rings. The van der Waals surface area contributed by atoms with Crippen LogP contribution in [0.1, 0.15) is 28.5 Å². The minimum absolute atomic E-state index is 0.103. The third-order valence-corrected chi connectivity index (χ3v) is 6.38. The van der Waals surface area contributed by atoms with Gasteiger partial charge in [-0.15, -0.1) is 0 Å². The Morgan fingerprint density at radius 2 is 1.60 bits per heavy atom. The van der Waals surface area contributed by atoms with Gasteiger partial charge >= 0.3 is 0 Å². The Balaban J connectivity index is 1.49. The maximum Gasteiger partial charge on any atom is 0.296 e. The molecule has 0 radical (unpaired) electrons. The quantitative estimate of drug-likeness (QED) is 0.541. The van der Waals surface area contributed by atoms with E-state index in [1.54, 1.807) is 12.1 Å². The van der Waals surface area contributed by atoms with E-state index in [4.69, 9.17) is 0 Å². The van der Waals surface area contributed by atoms with Crippen molar-refractivity contribution in [2.45, 2.75) is 20.0 Å². The number of amides is 1. The summed E-state index contributed by atoms with van der Waals surface area (Å²) in [5.74, 6) is -1.49. The van der Waals surface area contributed by atoms with Crippen LogP contribution in [0.5, 0.6) is 5.75 Å². The van der Waals surface area contributed by atoms with Gasteiger partial charge < -0.3 is 15.3 Å². The van der Waals surface area contributed by atoms with E-state index in [1.807, 2.05) is 24.3 Å². The molecule has 0 unspecified atom stereocenters. The molecule has 184 valence electrons. The molecule has 2 heterocycles. The van der Waals surface area contributed by atoms with E-state index in [2.05, 4.69) is 27.0 Å². The van der Waals surface area contributed by atoms with Gasteiger partial charge in [0.1, 0.15) is 11.6 Å². The van der Waals surface area contributed by atoms with Gasteiger partial charge in [0.15, 0.2) is 5.69 Å². The van der Waals surface area contributed by atoms with Crippen LogP contribution in [0.15, 0.2) is 53.3 Å². The molecule has 2 aromatic carbocycles. The van der Waals surface area contributed by atoms with Crippen LogP contribution in [0, 0.1) is 5.82 Å². The number of piperazine rings is 1. The fraction of sp³-hybridized carbons (Fsp3) is 0.346. The number of carbonyl (C=O) groups is 1. The summed E-state index contributed by atoms with van der Waals surface area (Å²) in [4.78, 5) is 34.5. The van der Waals surface area contributed by atoms with Crippen LogP contribution in [-0.4, -0.2) is 63.1 Å². The second-order valence-electron chi connectivity index (χ2n) is 8.71. The molecule has 2 N–H and O–H groups in total. The number of rotatable bonds is 7. The number of likely N-dealkylation sites (N-methyl/N-ethyl adjacent to an activating group) is 1. The Morgan fingerprint density at radius 1 is 1.00 bits per heavy atom. The highest BCUT2D eigenvalue weighted by atomic mass is 19.1. The van der Waals surface area contributed by atoms with Crippen LogP contribution in [0.3, 0.4) is 0 Å². The summed E-state index contributed by atoms with van der Waals surface area (Å²) in [6, 6.07) is 13.4. The van der Waals surface area contributed by atoms with Gasteiger partial charge in [-0.3, -0.25) is 19.1 Å². The molecular weight excluding hydrogens is 449 g/mol. The maximum atomic E-state index is 13.1. The molecular formula is C26H30FN5O3. The van der Waals surface area contributed by atoms with Crippen molar-refractivity contribution in [3.63, 3.8) is 0 Å². The van der Waals surface area contributed by atoms with E-state index in [-0.39, 0.29) is 23.9 Å². The van der Waals surface area contributed by atoms with Crippen LogP contribution in [-0.2, 0) is 20.1 Å². The summed E-state index contributed by atoms with van der Waals surface area (Å²) in [6.45, 7) is 8.40. The monoisotopic (exact) mass is 479 g/mol. The van der Waals surface area contributed by atoms with Crippen LogP contribution in [0.25, 0.3) is 11.4 Å². The molecule has 35 heavy (non-hydrogen) atoms. The second kappa shape index (κ2) is 10.8.